The highest BCUT2D eigenvalue weighted by Crippen LogP contribution is 2.28. The number of rotatable bonds is 4. The minimum Gasteiger partial charge on any atom is -0.482 e. The van der Waals surface area contributed by atoms with E-state index in [4.69, 9.17) is 9.47 Å². The lowest BCUT2D eigenvalue weighted by Gasteiger charge is -2.18. The molecule has 0 fully saturated rings. The van der Waals surface area contributed by atoms with Gasteiger partial charge in [-0.3, -0.25) is 14.6 Å². The Labute approximate surface area is 131 Å². The number of benzene rings is 1. The minimum atomic E-state index is -0.624. The Balaban J connectivity index is 1.66. The van der Waals surface area contributed by atoms with Crippen molar-refractivity contribution in [2.45, 2.75) is 0 Å². The maximum Gasteiger partial charge on any atom is 0.340 e. The summed E-state index contributed by atoms with van der Waals surface area (Å²) in [5.41, 5.74) is 1.01. The molecule has 1 aliphatic heterocycles. The highest BCUT2D eigenvalue weighted by atomic mass is 16.5. The average Bonchev–Trinajstić information content (AvgIpc) is 2.59. The first-order valence-corrected chi connectivity index (χ1v) is 6.80. The smallest absolute Gasteiger partial charge is 0.340 e. The molecular formula is C16H12N2O5. The van der Waals surface area contributed by atoms with Crippen molar-refractivity contribution in [2.24, 2.45) is 0 Å². The SMILES string of the molecule is O=C1COc2ccc(C(=O)COC(=O)c3cccnc3)cc2N1. The van der Waals surface area contributed by atoms with Crippen LogP contribution >= 0.6 is 0 Å². The maximum absolute atomic E-state index is 12.1. The quantitative estimate of drug-likeness (QED) is 0.678. The second-order valence-electron chi connectivity index (χ2n) is 4.79. The van der Waals surface area contributed by atoms with Gasteiger partial charge in [0.25, 0.3) is 5.91 Å². The fourth-order valence-electron chi connectivity index (χ4n) is 2.04. The van der Waals surface area contributed by atoms with E-state index in [2.05, 4.69) is 10.3 Å². The number of hydrogen-bond donors (Lipinski definition) is 1. The molecule has 0 aliphatic carbocycles. The van der Waals surface area contributed by atoms with Gasteiger partial charge in [0.1, 0.15) is 5.75 Å². The summed E-state index contributed by atoms with van der Waals surface area (Å²) in [6.07, 6.45) is 2.89. The number of carbonyl (C=O) groups is 3. The third-order valence-corrected chi connectivity index (χ3v) is 3.17. The molecule has 23 heavy (non-hydrogen) atoms. The number of pyridine rings is 1. The van der Waals surface area contributed by atoms with Crippen molar-refractivity contribution >= 4 is 23.3 Å². The Morgan fingerprint density at radius 2 is 2.13 bits per heavy atom. The molecule has 1 N–H and O–H groups in total. The van der Waals surface area contributed by atoms with Crippen molar-refractivity contribution < 1.29 is 23.9 Å². The molecule has 1 amide bonds. The number of nitrogens with zero attached hydrogens (tertiary/aromatic N) is 1. The highest BCUT2D eigenvalue weighted by Gasteiger charge is 2.18. The van der Waals surface area contributed by atoms with Crippen molar-refractivity contribution in [3.63, 3.8) is 0 Å². The number of Topliss-reactive ketones (excluding diaryl/α,β-unsaturated/α-hetero) is 1. The van der Waals surface area contributed by atoms with Crippen LogP contribution in [0.1, 0.15) is 20.7 Å². The number of ketones is 1. The first kappa shape index (κ1) is 14.7. The molecule has 0 spiro atoms. The molecular weight excluding hydrogens is 300 g/mol. The van der Waals surface area contributed by atoms with Crippen molar-refractivity contribution in [2.75, 3.05) is 18.5 Å². The summed E-state index contributed by atoms with van der Waals surface area (Å²) in [7, 11) is 0. The number of hydrogen-bond acceptors (Lipinski definition) is 6. The van der Waals surface area contributed by atoms with Crippen molar-refractivity contribution in [1.29, 1.82) is 0 Å². The van der Waals surface area contributed by atoms with Crippen LogP contribution in [0.3, 0.4) is 0 Å². The Hall–Kier alpha value is -3.22. The summed E-state index contributed by atoms with van der Waals surface area (Å²) >= 11 is 0. The van der Waals surface area contributed by atoms with Crippen LogP contribution < -0.4 is 10.1 Å². The number of carbonyl (C=O) groups excluding carboxylic acids is 3. The van der Waals surface area contributed by atoms with E-state index >= 15 is 0 Å². The predicted octanol–water partition coefficient (Wildman–Crippen LogP) is 1.45. The van der Waals surface area contributed by atoms with Crippen LogP contribution in [0.25, 0.3) is 0 Å². The molecule has 7 heteroatoms. The summed E-state index contributed by atoms with van der Waals surface area (Å²) in [5.74, 6) is -0.801. The number of anilines is 1. The largest absolute Gasteiger partial charge is 0.482 e. The summed E-state index contributed by atoms with van der Waals surface area (Å²) < 4.78 is 10.2. The molecule has 1 aromatic carbocycles. The topological polar surface area (TPSA) is 94.6 Å². The molecule has 116 valence electrons. The first-order valence-electron chi connectivity index (χ1n) is 6.80. The van der Waals surface area contributed by atoms with E-state index in [0.29, 0.717) is 17.0 Å². The zero-order chi connectivity index (χ0) is 16.2. The summed E-state index contributed by atoms with van der Waals surface area (Å²) in [4.78, 5) is 39.0. The maximum atomic E-state index is 12.1. The van der Waals surface area contributed by atoms with Crippen LogP contribution in [0, 0.1) is 0 Å². The zero-order valence-electron chi connectivity index (χ0n) is 11.9. The molecule has 3 rings (SSSR count). The molecule has 2 aromatic rings. The first-order chi connectivity index (χ1) is 11.1. The second kappa shape index (κ2) is 6.27. The van der Waals surface area contributed by atoms with E-state index in [1.807, 2.05) is 0 Å². The third-order valence-electron chi connectivity index (χ3n) is 3.17. The van der Waals surface area contributed by atoms with Crippen LogP contribution in [0.4, 0.5) is 5.69 Å². The van der Waals surface area contributed by atoms with Gasteiger partial charge in [0.15, 0.2) is 19.0 Å². The van der Waals surface area contributed by atoms with Gasteiger partial charge < -0.3 is 14.8 Å². The van der Waals surface area contributed by atoms with Gasteiger partial charge in [-0.05, 0) is 30.3 Å². The second-order valence-corrected chi connectivity index (χ2v) is 4.79. The van der Waals surface area contributed by atoms with E-state index in [0.717, 1.165) is 0 Å². The number of ether oxygens (including phenoxy) is 2. The number of esters is 1. The van der Waals surface area contributed by atoms with Gasteiger partial charge in [-0.1, -0.05) is 0 Å². The van der Waals surface area contributed by atoms with Gasteiger partial charge in [0.05, 0.1) is 11.3 Å². The van der Waals surface area contributed by atoms with E-state index in [1.54, 1.807) is 24.3 Å². The van der Waals surface area contributed by atoms with E-state index in [9.17, 15) is 14.4 Å². The van der Waals surface area contributed by atoms with Gasteiger partial charge >= 0.3 is 5.97 Å². The molecule has 2 heterocycles. The Kier molecular flexibility index (Phi) is 4.01. The van der Waals surface area contributed by atoms with E-state index in [1.165, 1.54) is 18.5 Å². The van der Waals surface area contributed by atoms with Crippen molar-refractivity contribution in [3.8, 4) is 5.75 Å². The van der Waals surface area contributed by atoms with Crippen LogP contribution in [0.2, 0.25) is 0 Å². The van der Waals surface area contributed by atoms with Crippen LogP contribution in [0.15, 0.2) is 42.7 Å². The average molecular weight is 312 g/mol. The highest BCUT2D eigenvalue weighted by molar-refractivity contribution is 6.02. The van der Waals surface area contributed by atoms with Gasteiger partial charge in [-0.25, -0.2) is 4.79 Å². The Morgan fingerprint density at radius 3 is 2.91 bits per heavy atom. The van der Waals surface area contributed by atoms with Crippen LogP contribution in [0.5, 0.6) is 5.75 Å². The zero-order valence-corrected chi connectivity index (χ0v) is 11.9. The Morgan fingerprint density at radius 1 is 1.26 bits per heavy atom. The fourth-order valence-corrected chi connectivity index (χ4v) is 2.04. The standard InChI is InChI=1S/C16H12N2O5/c19-13(8-23-16(21)11-2-1-5-17-7-11)10-3-4-14-12(6-10)18-15(20)9-22-14/h1-7H,8-9H2,(H,18,20). The van der Waals surface area contributed by atoms with Crippen LogP contribution in [-0.2, 0) is 9.53 Å². The molecule has 0 unspecified atom stereocenters. The minimum absolute atomic E-state index is 0.0526. The number of nitrogens with one attached hydrogen (secondary N) is 1. The van der Waals surface area contributed by atoms with E-state index < -0.39 is 12.6 Å². The van der Waals surface area contributed by atoms with Gasteiger partial charge in [0, 0.05) is 18.0 Å². The fraction of sp³-hybridized carbons (Fsp3) is 0.125. The van der Waals surface area contributed by atoms with Crippen LogP contribution in [-0.4, -0.2) is 35.9 Å². The molecule has 1 aliphatic rings. The lowest BCUT2D eigenvalue weighted by atomic mass is 10.1. The molecule has 0 radical (unpaired) electrons. The Bertz CT molecular complexity index is 773. The number of amides is 1. The molecule has 0 atom stereocenters. The summed E-state index contributed by atoms with van der Waals surface area (Å²) in [5, 5.41) is 2.61. The van der Waals surface area contributed by atoms with Gasteiger partial charge in [0.2, 0.25) is 0 Å². The number of aromatic nitrogens is 1. The molecule has 1 aromatic heterocycles. The number of fused-ring (bicyclic) bond motifs is 1. The lowest BCUT2D eigenvalue weighted by Crippen LogP contribution is -2.25. The predicted molar refractivity (Wildman–Crippen MR) is 79.4 cm³/mol. The summed E-state index contributed by atoms with van der Waals surface area (Å²) in [6.45, 7) is -0.454. The van der Waals surface area contributed by atoms with E-state index in [-0.39, 0.29) is 23.9 Å². The van der Waals surface area contributed by atoms with Crippen molar-refractivity contribution in [1.82, 2.24) is 4.98 Å². The van der Waals surface area contributed by atoms with Crippen molar-refractivity contribution in [3.05, 3.63) is 53.9 Å². The normalized spacial score (nSPS) is 12.6. The monoisotopic (exact) mass is 312 g/mol. The molecule has 0 bridgehead atoms. The molecule has 0 saturated heterocycles. The third kappa shape index (κ3) is 3.34. The molecule has 0 saturated carbocycles. The lowest BCUT2D eigenvalue weighted by molar-refractivity contribution is -0.118. The van der Waals surface area contributed by atoms with Gasteiger partial charge in [-0.15, -0.1) is 0 Å². The summed E-state index contributed by atoms with van der Waals surface area (Å²) in [6, 6.07) is 7.78. The molecule has 7 nitrogen and oxygen atoms in total. The van der Waals surface area contributed by atoms with Gasteiger partial charge in [-0.2, -0.15) is 0 Å².